The topological polar surface area (TPSA) is 162 Å². The normalized spacial score (nSPS) is 21.3. The Morgan fingerprint density at radius 3 is 2.07 bits per heavy atom. The van der Waals surface area contributed by atoms with Crippen LogP contribution in [0, 0.1) is 11.8 Å². The van der Waals surface area contributed by atoms with Crippen LogP contribution in [0.4, 0.5) is 0 Å². The molecule has 1 rings (SSSR count). The Morgan fingerprint density at radius 1 is 1.03 bits per heavy atom. The molecule has 6 unspecified atom stereocenters. The molecule has 0 aromatic heterocycles. The summed E-state index contributed by atoms with van der Waals surface area (Å²) in [4.78, 5) is 51.1. The molecule has 0 aromatic carbocycles. The summed E-state index contributed by atoms with van der Waals surface area (Å²) >= 11 is 0. The standard InChI is InChI=1S/C20H36N4O6/c1-5-11(3)15(22-17(26)13(21)10-25)18(27)23-16(12(4)6-2)19(28)24-9-7-8-14(24)20(29)30/h11-16,25H,5-10,21H2,1-4H3,(H,22,26)(H,23,27)(H,29,30). The van der Waals surface area contributed by atoms with Crippen molar-refractivity contribution in [1.82, 2.24) is 15.5 Å². The minimum Gasteiger partial charge on any atom is -0.480 e. The molecule has 0 bridgehead atoms. The summed E-state index contributed by atoms with van der Waals surface area (Å²) in [6.07, 6.45) is 2.15. The molecule has 1 fully saturated rings. The maximum Gasteiger partial charge on any atom is 0.326 e. The van der Waals surface area contributed by atoms with Gasteiger partial charge in [0, 0.05) is 6.54 Å². The van der Waals surface area contributed by atoms with Crippen LogP contribution >= 0.6 is 0 Å². The minimum absolute atomic E-state index is 0.232. The highest BCUT2D eigenvalue weighted by Crippen LogP contribution is 2.21. The fraction of sp³-hybridized carbons (Fsp3) is 0.800. The van der Waals surface area contributed by atoms with Gasteiger partial charge in [0.15, 0.2) is 0 Å². The minimum atomic E-state index is -1.16. The number of rotatable bonds is 11. The largest absolute Gasteiger partial charge is 0.480 e. The van der Waals surface area contributed by atoms with Gasteiger partial charge < -0.3 is 31.5 Å². The highest BCUT2D eigenvalue weighted by atomic mass is 16.4. The lowest BCUT2D eigenvalue weighted by atomic mass is 9.94. The number of likely N-dealkylation sites (tertiary alicyclic amines) is 1. The lowest BCUT2D eigenvalue weighted by Gasteiger charge is -2.32. The molecule has 6 atom stereocenters. The van der Waals surface area contributed by atoms with Gasteiger partial charge in [-0.1, -0.05) is 40.5 Å². The maximum absolute atomic E-state index is 13.1. The quantitative estimate of drug-likeness (QED) is 0.295. The number of carbonyl (C=O) groups excluding carboxylic acids is 3. The molecular formula is C20H36N4O6. The molecule has 0 spiro atoms. The second kappa shape index (κ2) is 11.8. The van der Waals surface area contributed by atoms with Crippen molar-refractivity contribution < 1.29 is 29.4 Å². The molecule has 172 valence electrons. The molecule has 3 amide bonds. The SMILES string of the molecule is CCC(C)C(NC(=O)C(N)CO)C(=O)NC(C(=O)N1CCCC1C(=O)O)C(C)CC. The van der Waals surface area contributed by atoms with Crippen molar-refractivity contribution in [3.63, 3.8) is 0 Å². The van der Waals surface area contributed by atoms with Crippen LogP contribution in [0.5, 0.6) is 0 Å². The van der Waals surface area contributed by atoms with E-state index in [0.29, 0.717) is 32.2 Å². The second-order valence-corrected chi connectivity index (χ2v) is 8.06. The van der Waals surface area contributed by atoms with Crippen LogP contribution in [-0.2, 0) is 19.2 Å². The van der Waals surface area contributed by atoms with E-state index in [1.54, 1.807) is 6.92 Å². The van der Waals surface area contributed by atoms with Crippen molar-refractivity contribution in [2.24, 2.45) is 17.6 Å². The molecular weight excluding hydrogens is 392 g/mol. The first-order valence-electron chi connectivity index (χ1n) is 10.6. The average molecular weight is 429 g/mol. The lowest BCUT2D eigenvalue weighted by molar-refractivity contribution is -0.150. The maximum atomic E-state index is 13.1. The number of aliphatic hydroxyl groups is 1. The van der Waals surface area contributed by atoms with Crippen LogP contribution in [0.1, 0.15) is 53.4 Å². The number of nitrogens with one attached hydrogen (secondary N) is 2. The van der Waals surface area contributed by atoms with E-state index in [4.69, 9.17) is 10.8 Å². The molecule has 1 heterocycles. The number of aliphatic hydroxyl groups excluding tert-OH is 1. The fourth-order valence-corrected chi connectivity index (χ4v) is 3.44. The lowest BCUT2D eigenvalue weighted by Crippen LogP contribution is -2.60. The van der Waals surface area contributed by atoms with E-state index in [-0.39, 0.29) is 11.8 Å². The van der Waals surface area contributed by atoms with Crippen molar-refractivity contribution in [3.8, 4) is 0 Å². The van der Waals surface area contributed by atoms with Gasteiger partial charge in [-0.15, -0.1) is 0 Å². The molecule has 1 aliphatic rings. The zero-order chi connectivity index (χ0) is 23.0. The monoisotopic (exact) mass is 428 g/mol. The van der Waals surface area contributed by atoms with Gasteiger partial charge in [-0.3, -0.25) is 14.4 Å². The molecule has 0 aromatic rings. The van der Waals surface area contributed by atoms with Crippen LogP contribution in [0.15, 0.2) is 0 Å². The van der Waals surface area contributed by atoms with Gasteiger partial charge in [0.1, 0.15) is 24.2 Å². The van der Waals surface area contributed by atoms with E-state index in [1.165, 1.54) is 4.90 Å². The number of hydrogen-bond donors (Lipinski definition) is 5. The van der Waals surface area contributed by atoms with Crippen LogP contribution in [0.3, 0.4) is 0 Å². The number of carboxylic acids is 1. The fourth-order valence-electron chi connectivity index (χ4n) is 3.44. The first-order chi connectivity index (χ1) is 14.1. The van der Waals surface area contributed by atoms with Crippen LogP contribution in [0.25, 0.3) is 0 Å². The van der Waals surface area contributed by atoms with Crippen LogP contribution in [-0.4, -0.2) is 76.1 Å². The van der Waals surface area contributed by atoms with Gasteiger partial charge in [-0.2, -0.15) is 0 Å². The summed E-state index contributed by atoms with van der Waals surface area (Å²) in [7, 11) is 0. The van der Waals surface area contributed by atoms with Crippen molar-refractivity contribution in [2.45, 2.75) is 77.5 Å². The highest BCUT2D eigenvalue weighted by molar-refractivity contribution is 5.94. The number of hydrogen-bond acceptors (Lipinski definition) is 6. The molecule has 1 saturated heterocycles. The third-order valence-electron chi connectivity index (χ3n) is 5.92. The molecule has 1 aliphatic heterocycles. The first kappa shape index (κ1) is 25.8. The Morgan fingerprint density at radius 2 is 1.57 bits per heavy atom. The van der Waals surface area contributed by atoms with E-state index in [0.717, 1.165) is 0 Å². The van der Waals surface area contributed by atoms with E-state index in [1.807, 2.05) is 20.8 Å². The van der Waals surface area contributed by atoms with Gasteiger partial charge in [0.2, 0.25) is 17.7 Å². The molecule has 0 saturated carbocycles. The van der Waals surface area contributed by atoms with Crippen molar-refractivity contribution in [3.05, 3.63) is 0 Å². The number of nitrogens with zero attached hydrogens (tertiary/aromatic N) is 1. The zero-order valence-electron chi connectivity index (χ0n) is 18.3. The smallest absolute Gasteiger partial charge is 0.326 e. The van der Waals surface area contributed by atoms with E-state index < -0.39 is 54.5 Å². The first-order valence-corrected chi connectivity index (χ1v) is 10.6. The van der Waals surface area contributed by atoms with E-state index >= 15 is 0 Å². The number of aliphatic carboxylic acids is 1. The van der Waals surface area contributed by atoms with Crippen LogP contribution in [0.2, 0.25) is 0 Å². The summed E-state index contributed by atoms with van der Waals surface area (Å²) < 4.78 is 0. The van der Waals surface area contributed by atoms with Gasteiger partial charge in [-0.25, -0.2) is 4.79 Å². The summed E-state index contributed by atoms with van der Waals surface area (Å²) in [6, 6.07) is -3.89. The molecule has 10 heteroatoms. The number of amides is 3. The predicted molar refractivity (Wildman–Crippen MR) is 110 cm³/mol. The summed E-state index contributed by atoms with van der Waals surface area (Å²) in [5, 5.41) is 23.8. The predicted octanol–water partition coefficient (Wildman–Crippen LogP) is -0.557. The molecule has 0 aliphatic carbocycles. The van der Waals surface area contributed by atoms with Gasteiger partial charge in [-0.05, 0) is 24.7 Å². The third-order valence-corrected chi connectivity index (χ3v) is 5.92. The third kappa shape index (κ3) is 6.40. The van der Waals surface area contributed by atoms with Gasteiger partial charge in [0.25, 0.3) is 0 Å². The Kier molecular flexibility index (Phi) is 10.2. The molecule has 6 N–H and O–H groups in total. The van der Waals surface area contributed by atoms with E-state index in [2.05, 4.69) is 10.6 Å². The zero-order valence-corrected chi connectivity index (χ0v) is 18.3. The number of carboxylic acid groups (broad SMARTS) is 1. The van der Waals surface area contributed by atoms with Crippen molar-refractivity contribution in [1.29, 1.82) is 0 Å². The average Bonchev–Trinajstić information content (AvgIpc) is 3.23. The Labute approximate surface area is 177 Å². The van der Waals surface area contributed by atoms with Gasteiger partial charge in [0.05, 0.1) is 6.61 Å². The van der Waals surface area contributed by atoms with Crippen LogP contribution < -0.4 is 16.4 Å². The Hall–Kier alpha value is -2.20. The number of carbonyl (C=O) groups is 4. The number of nitrogens with two attached hydrogens (primary N) is 1. The Balaban J connectivity index is 3.05. The molecule has 0 radical (unpaired) electrons. The molecule has 30 heavy (non-hydrogen) atoms. The molecule has 10 nitrogen and oxygen atoms in total. The van der Waals surface area contributed by atoms with Crippen molar-refractivity contribution >= 4 is 23.7 Å². The van der Waals surface area contributed by atoms with E-state index in [9.17, 15) is 24.3 Å². The summed E-state index contributed by atoms with van der Waals surface area (Å²) in [6.45, 7) is 7.12. The Bertz CT molecular complexity index is 628. The van der Waals surface area contributed by atoms with Gasteiger partial charge >= 0.3 is 5.97 Å². The highest BCUT2D eigenvalue weighted by Gasteiger charge is 2.40. The van der Waals surface area contributed by atoms with Crippen molar-refractivity contribution in [2.75, 3.05) is 13.2 Å². The summed E-state index contributed by atoms with van der Waals surface area (Å²) in [5.74, 6) is -3.15. The summed E-state index contributed by atoms with van der Waals surface area (Å²) in [5.41, 5.74) is 5.54. The second-order valence-electron chi connectivity index (χ2n) is 8.06.